The summed E-state index contributed by atoms with van der Waals surface area (Å²) in [5.41, 5.74) is 0. The first-order chi connectivity index (χ1) is 8.33. The van der Waals surface area contributed by atoms with Gasteiger partial charge in [0.15, 0.2) is 5.13 Å². The van der Waals surface area contributed by atoms with Crippen molar-refractivity contribution < 1.29 is 4.39 Å². The van der Waals surface area contributed by atoms with Gasteiger partial charge in [-0.25, -0.2) is 0 Å². The summed E-state index contributed by atoms with van der Waals surface area (Å²) in [4.78, 5) is 1.20. The lowest BCUT2D eigenvalue weighted by Crippen LogP contribution is -1.83. The Bertz CT molecular complexity index is 280. The minimum atomic E-state index is -0.0454. The summed E-state index contributed by atoms with van der Waals surface area (Å²) in [5, 5.41) is -0.0454. The Kier molecular flexibility index (Phi) is 8.33. The minimum absolute atomic E-state index is 0.0454. The molecule has 1 aromatic heterocycles. The van der Waals surface area contributed by atoms with Crippen LogP contribution in [-0.4, -0.2) is 0 Å². The van der Waals surface area contributed by atoms with Crippen LogP contribution in [0.2, 0.25) is 0 Å². The second-order valence-electron chi connectivity index (χ2n) is 4.78. The average Bonchev–Trinajstić information content (AvgIpc) is 2.73. The third kappa shape index (κ3) is 7.54. The molecular weight excluding hydrogens is 231 g/mol. The van der Waals surface area contributed by atoms with E-state index >= 15 is 0 Å². The molecule has 1 rings (SSSR count). The molecule has 0 saturated carbocycles. The Balaban J connectivity index is 1.84. The number of rotatable bonds is 10. The predicted molar refractivity (Wildman–Crippen MR) is 75.2 cm³/mol. The van der Waals surface area contributed by atoms with E-state index in [1.165, 1.54) is 74.0 Å². The van der Waals surface area contributed by atoms with E-state index in [0.717, 1.165) is 6.42 Å². The number of halogens is 1. The van der Waals surface area contributed by atoms with Crippen LogP contribution in [0.3, 0.4) is 0 Å². The molecule has 0 amide bonds. The third-order valence-corrected chi connectivity index (χ3v) is 4.09. The summed E-state index contributed by atoms with van der Waals surface area (Å²) in [5.74, 6) is 0. The quantitative estimate of drug-likeness (QED) is 0.453. The highest BCUT2D eigenvalue weighted by Gasteiger charge is 1.98. The molecule has 98 valence electrons. The van der Waals surface area contributed by atoms with Gasteiger partial charge < -0.3 is 0 Å². The van der Waals surface area contributed by atoms with Gasteiger partial charge >= 0.3 is 0 Å². The smallest absolute Gasteiger partial charge is 0.176 e. The number of thiophene rings is 1. The van der Waals surface area contributed by atoms with Crippen LogP contribution in [-0.2, 0) is 6.42 Å². The molecule has 0 spiro atoms. The van der Waals surface area contributed by atoms with Crippen molar-refractivity contribution in [3.05, 3.63) is 22.1 Å². The second kappa shape index (κ2) is 9.64. The van der Waals surface area contributed by atoms with Gasteiger partial charge in [0, 0.05) is 4.88 Å². The summed E-state index contributed by atoms with van der Waals surface area (Å²) in [7, 11) is 0. The van der Waals surface area contributed by atoms with Crippen molar-refractivity contribution in [1.29, 1.82) is 0 Å². The summed E-state index contributed by atoms with van der Waals surface area (Å²) in [6, 6.07) is 3.50. The van der Waals surface area contributed by atoms with Crippen LogP contribution < -0.4 is 0 Å². The molecule has 0 radical (unpaired) electrons. The molecule has 0 fully saturated rings. The molecule has 1 aromatic rings. The number of aryl methyl sites for hydroxylation is 1. The molecule has 0 nitrogen and oxygen atoms in total. The van der Waals surface area contributed by atoms with Gasteiger partial charge in [0.1, 0.15) is 0 Å². The van der Waals surface area contributed by atoms with Gasteiger partial charge in [-0.15, -0.1) is 11.3 Å². The Labute approximate surface area is 109 Å². The maximum atomic E-state index is 12.7. The zero-order chi connectivity index (χ0) is 12.3. The fourth-order valence-electron chi connectivity index (χ4n) is 2.10. The summed E-state index contributed by atoms with van der Waals surface area (Å²) in [6.07, 6.45) is 13.2. The molecule has 0 atom stereocenters. The fraction of sp³-hybridized carbons (Fsp3) is 0.733. The largest absolute Gasteiger partial charge is 0.195 e. The van der Waals surface area contributed by atoms with E-state index in [4.69, 9.17) is 0 Å². The molecule has 2 heteroatoms. The number of hydrogen-bond donors (Lipinski definition) is 0. The first-order valence-corrected chi connectivity index (χ1v) is 7.89. The van der Waals surface area contributed by atoms with Crippen LogP contribution in [0.15, 0.2) is 12.1 Å². The first-order valence-electron chi connectivity index (χ1n) is 7.07. The van der Waals surface area contributed by atoms with E-state index in [1.807, 2.05) is 6.07 Å². The number of hydrogen-bond acceptors (Lipinski definition) is 1. The van der Waals surface area contributed by atoms with Gasteiger partial charge in [-0.05, 0) is 25.0 Å². The lowest BCUT2D eigenvalue weighted by Gasteiger charge is -2.01. The maximum Gasteiger partial charge on any atom is 0.176 e. The first kappa shape index (κ1) is 14.7. The normalized spacial score (nSPS) is 10.9. The Morgan fingerprint density at radius 3 is 2.00 bits per heavy atom. The van der Waals surface area contributed by atoms with E-state index < -0.39 is 0 Å². The average molecular weight is 256 g/mol. The molecule has 0 aliphatic heterocycles. The molecule has 0 aliphatic rings. The van der Waals surface area contributed by atoms with Crippen LogP contribution in [0.1, 0.15) is 69.6 Å². The van der Waals surface area contributed by atoms with Gasteiger partial charge in [-0.1, -0.05) is 58.3 Å². The summed E-state index contributed by atoms with van der Waals surface area (Å²) >= 11 is 1.30. The van der Waals surface area contributed by atoms with Crippen molar-refractivity contribution in [2.45, 2.75) is 71.1 Å². The lowest BCUT2D eigenvalue weighted by atomic mass is 10.1. The second-order valence-corrected chi connectivity index (χ2v) is 5.90. The van der Waals surface area contributed by atoms with Crippen molar-refractivity contribution in [1.82, 2.24) is 0 Å². The Morgan fingerprint density at radius 1 is 0.882 bits per heavy atom. The van der Waals surface area contributed by atoms with Crippen molar-refractivity contribution in [3.63, 3.8) is 0 Å². The maximum absolute atomic E-state index is 12.7. The van der Waals surface area contributed by atoms with Gasteiger partial charge in [0.05, 0.1) is 0 Å². The minimum Gasteiger partial charge on any atom is -0.195 e. The third-order valence-electron chi connectivity index (χ3n) is 3.16. The SMILES string of the molecule is CCCCCCCCCCCc1ccc(F)s1. The molecule has 0 aliphatic carbocycles. The van der Waals surface area contributed by atoms with Crippen LogP contribution in [0.25, 0.3) is 0 Å². The van der Waals surface area contributed by atoms with Gasteiger partial charge in [0.2, 0.25) is 0 Å². The van der Waals surface area contributed by atoms with Crippen molar-refractivity contribution in [2.24, 2.45) is 0 Å². The monoisotopic (exact) mass is 256 g/mol. The topological polar surface area (TPSA) is 0 Å². The molecular formula is C15H25FS. The van der Waals surface area contributed by atoms with E-state index in [-0.39, 0.29) is 5.13 Å². The van der Waals surface area contributed by atoms with E-state index in [1.54, 1.807) is 6.07 Å². The van der Waals surface area contributed by atoms with Gasteiger partial charge in [-0.3, -0.25) is 0 Å². The number of unbranched alkanes of at least 4 members (excludes halogenated alkanes) is 8. The van der Waals surface area contributed by atoms with Crippen LogP contribution >= 0.6 is 11.3 Å². The molecule has 0 saturated heterocycles. The van der Waals surface area contributed by atoms with Crippen LogP contribution in [0.4, 0.5) is 4.39 Å². The molecule has 1 heterocycles. The standard InChI is InChI=1S/C15H25FS/c1-2-3-4-5-6-7-8-9-10-11-14-12-13-15(16)17-14/h12-13H,2-11H2,1H3. The molecule has 17 heavy (non-hydrogen) atoms. The lowest BCUT2D eigenvalue weighted by molar-refractivity contribution is 0.565. The molecule has 0 unspecified atom stereocenters. The van der Waals surface area contributed by atoms with Crippen LogP contribution in [0.5, 0.6) is 0 Å². The highest BCUT2D eigenvalue weighted by atomic mass is 32.1. The fourth-order valence-corrected chi connectivity index (χ4v) is 2.87. The van der Waals surface area contributed by atoms with E-state index in [0.29, 0.717) is 0 Å². The Morgan fingerprint density at radius 2 is 1.47 bits per heavy atom. The van der Waals surface area contributed by atoms with Crippen molar-refractivity contribution in [2.75, 3.05) is 0 Å². The van der Waals surface area contributed by atoms with Crippen LogP contribution in [0, 0.1) is 5.13 Å². The summed E-state index contributed by atoms with van der Waals surface area (Å²) < 4.78 is 12.7. The van der Waals surface area contributed by atoms with E-state index in [2.05, 4.69) is 6.92 Å². The van der Waals surface area contributed by atoms with Gasteiger partial charge in [0.25, 0.3) is 0 Å². The van der Waals surface area contributed by atoms with Crippen molar-refractivity contribution >= 4 is 11.3 Å². The molecule has 0 bridgehead atoms. The zero-order valence-electron chi connectivity index (χ0n) is 11.0. The Hall–Kier alpha value is -0.370. The van der Waals surface area contributed by atoms with Gasteiger partial charge in [-0.2, -0.15) is 4.39 Å². The zero-order valence-corrected chi connectivity index (χ0v) is 11.8. The highest BCUT2D eigenvalue weighted by molar-refractivity contribution is 7.10. The molecule has 0 aromatic carbocycles. The molecule has 0 N–H and O–H groups in total. The van der Waals surface area contributed by atoms with Crippen molar-refractivity contribution in [3.8, 4) is 0 Å². The summed E-state index contributed by atoms with van der Waals surface area (Å²) in [6.45, 7) is 2.26. The van der Waals surface area contributed by atoms with E-state index in [9.17, 15) is 4.39 Å². The highest BCUT2D eigenvalue weighted by Crippen LogP contribution is 2.17. The predicted octanol–water partition coefficient (Wildman–Crippen LogP) is 5.96.